The van der Waals surface area contributed by atoms with Crippen LogP contribution in [-0.4, -0.2) is 55.1 Å². The van der Waals surface area contributed by atoms with E-state index in [0.717, 1.165) is 0 Å². The van der Waals surface area contributed by atoms with E-state index in [-0.39, 0.29) is 10.7 Å². The van der Waals surface area contributed by atoms with E-state index in [0.29, 0.717) is 0 Å². The molecule has 0 bridgehead atoms. The van der Waals surface area contributed by atoms with Gasteiger partial charge in [-0.25, -0.2) is 8.42 Å². The topological polar surface area (TPSA) is 83.9 Å². The van der Waals surface area contributed by atoms with Crippen molar-refractivity contribution in [1.82, 2.24) is 4.31 Å². The van der Waals surface area contributed by atoms with E-state index < -0.39 is 40.2 Å². The summed E-state index contributed by atoms with van der Waals surface area (Å²) in [5.74, 6) is -1.63. The minimum absolute atomic E-state index is 0.0799. The summed E-state index contributed by atoms with van der Waals surface area (Å²) in [6.07, 6.45) is -1.16. The number of carboxylic acid groups (broad SMARTS) is 1. The van der Waals surface area contributed by atoms with Gasteiger partial charge in [0.2, 0.25) is 0 Å². The van der Waals surface area contributed by atoms with Gasteiger partial charge in [0.15, 0.2) is 0 Å². The van der Waals surface area contributed by atoms with Gasteiger partial charge in [-0.1, -0.05) is 0 Å². The Labute approximate surface area is 95.0 Å². The molecule has 1 aliphatic rings. The number of aliphatic carboxylic acids is 1. The molecule has 10 heteroatoms. The van der Waals surface area contributed by atoms with Gasteiger partial charge in [-0.2, -0.15) is 17.5 Å². The number of carboxylic acids is 1. The van der Waals surface area contributed by atoms with Gasteiger partial charge < -0.3 is 9.84 Å². The zero-order valence-corrected chi connectivity index (χ0v) is 9.45. The van der Waals surface area contributed by atoms with Crippen LogP contribution in [0.4, 0.5) is 13.2 Å². The smallest absolute Gasteiger partial charge is 0.480 e. The first kappa shape index (κ1) is 14.2. The lowest BCUT2D eigenvalue weighted by Crippen LogP contribution is -2.46. The van der Waals surface area contributed by atoms with Crippen LogP contribution in [0.15, 0.2) is 0 Å². The highest BCUT2D eigenvalue weighted by molar-refractivity contribution is 7.90. The minimum Gasteiger partial charge on any atom is -0.480 e. The molecule has 6 nitrogen and oxygen atoms in total. The van der Waals surface area contributed by atoms with Gasteiger partial charge in [-0.05, 0) is 0 Å². The number of sulfonamides is 1. The molecule has 0 amide bonds. The predicted molar refractivity (Wildman–Crippen MR) is 48.5 cm³/mol. The van der Waals surface area contributed by atoms with Crippen LogP contribution in [0.1, 0.15) is 6.42 Å². The fraction of sp³-hybridized carbons (Fsp3) is 0.857. The summed E-state index contributed by atoms with van der Waals surface area (Å²) in [7, 11) is -4.47. The zero-order valence-electron chi connectivity index (χ0n) is 8.64. The maximum absolute atomic E-state index is 12.3. The van der Waals surface area contributed by atoms with Crippen molar-refractivity contribution >= 4 is 16.0 Å². The molecular formula is C7H10F3NO5S. The van der Waals surface area contributed by atoms with Crippen LogP contribution in [0.25, 0.3) is 0 Å². The predicted octanol–water partition coefficient (Wildman–Crippen LogP) is 0.00990. The second-order valence-corrected chi connectivity index (χ2v) is 5.35. The third kappa shape index (κ3) is 2.53. The first-order chi connectivity index (χ1) is 7.61. The standard InChI is InChI=1S/C7H10F3NO5S/c1-16-4-2-5(6(12)13)11(3-4)17(14,15)7(8,9)10/h4-5H,2-3H2,1H3,(H,12,13). The lowest BCUT2D eigenvalue weighted by molar-refractivity contribution is -0.141. The molecule has 0 spiro atoms. The summed E-state index contributed by atoms with van der Waals surface area (Å²) < 4.78 is 63.7. The summed E-state index contributed by atoms with van der Waals surface area (Å²) >= 11 is 0. The third-order valence-electron chi connectivity index (χ3n) is 2.44. The molecule has 0 aromatic carbocycles. The molecule has 2 unspecified atom stereocenters. The van der Waals surface area contributed by atoms with Crippen LogP contribution < -0.4 is 0 Å². The Bertz CT molecular complexity index is 406. The summed E-state index contributed by atoms with van der Waals surface area (Å²) in [5, 5.41) is 8.70. The molecule has 0 aromatic rings. The first-order valence-electron chi connectivity index (χ1n) is 4.45. The molecule has 0 aromatic heterocycles. The molecule has 1 heterocycles. The summed E-state index contributed by atoms with van der Waals surface area (Å²) in [6, 6.07) is -1.74. The van der Waals surface area contributed by atoms with Crippen molar-refractivity contribution in [3.63, 3.8) is 0 Å². The molecule has 2 atom stereocenters. The molecule has 0 saturated carbocycles. The van der Waals surface area contributed by atoms with E-state index in [1.54, 1.807) is 0 Å². The van der Waals surface area contributed by atoms with E-state index >= 15 is 0 Å². The SMILES string of the molecule is COC1CC(C(=O)O)N(S(=O)(=O)C(F)(F)F)C1. The highest BCUT2D eigenvalue weighted by Crippen LogP contribution is 2.33. The Morgan fingerprint density at radius 1 is 1.47 bits per heavy atom. The molecule has 1 fully saturated rings. The molecule has 17 heavy (non-hydrogen) atoms. The second-order valence-electron chi connectivity index (χ2n) is 3.47. The molecule has 0 radical (unpaired) electrons. The minimum atomic E-state index is -5.64. The fourth-order valence-electron chi connectivity index (χ4n) is 1.56. The molecule has 1 saturated heterocycles. The molecular weight excluding hydrogens is 267 g/mol. The first-order valence-corrected chi connectivity index (χ1v) is 5.89. The van der Waals surface area contributed by atoms with Gasteiger partial charge in [0.25, 0.3) is 0 Å². The number of hydrogen-bond donors (Lipinski definition) is 1. The quantitative estimate of drug-likeness (QED) is 0.785. The van der Waals surface area contributed by atoms with Crippen LogP contribution in [0.3, 0.4) is 0 Å². The van der Waals surface area contributed by atoms with Crippen LogP contribution in [0, 0.1) is 0 Å². The van der Waals surface area contributed by atoms with Crippen molar-refractivity contribution in [1.29, 1.82) is 0 Å². The lowest BCUT2D eigenvalue weighted by atomic mass is 10.2. The number of hydrogen-bond acceptors (Lipinski definition) is 4. The van der Waals surface area contributed by atoms with Gasteiger partial charge in [-0.3, -0.25) is 4.79 Å². The Morgan fingerprint density at radius 2 is 2.00 bits per heavy atom. The number of rotatable bonds is 3. The normalized spacial score (nSPS) is 27.3. The Morgan fingerprint density at radius 3 is 2.35 bits per heavy atom. The van der Waals surface area contributed by atoms with Gasteiger partial charge in [0.1, 0.15) is 6.04 Å². The Kier molecular flexibility index (Phi) is 3.69. The Balaban J connectivity index is 3.08. The maximum atomic E-state index is 12.3. The number of ether oxygens (including phenoxy) is 1. The summed E-state index contributed by atoms with van der Waals surface area (Å²) in [6.45, 7) is -0.616. The van der Waals surface area contributed by atoms with Gasteiger partial charge in [-0.15, -0.1) is 0 Å². The fourth-order valence-corrected chi connectivity index (χ4v) is 2.70. The van der Waals surface area contributed by atoms with Crippen molar-refractivity contribution in [3.05, 3.63) is 0 Å². The average molecular weight is 277 g/mol. The third-order valence-corrected chi connectivity index (χ3v) is 4.04. The van der Waals surface area contributed by atoms with Crippen LogP contribution >= 0.6 is 0 Å². The summed E-state index contributed by atoms with van der Waals surface area (Å²) in [4.78, 5) is 10.7. The van der Waals surface area contributed by atoms with Crippen molar-refractivity contribution in [2.45, 2.75) is 24.1 Å². The Hall–Kier alpha value is -0.870. The molecule has 1 aliphatic heterocycles. The average Bonchev–Trinajstić information content (AvgIpc) is 2.59. The van der Waals surface area contributed by atoms with Crippen molar-refractivity contribution in [2.75, 3.05) is 13.7 Å². The zero-order chi connectivity index (χ0) is 13.4. The molecule has 1 rings (SSSR count). The second kappa shape index (κ2) is 4.42. The highest BCUT2D eigenvalue weighted by atomic mass is 32.2. The maximum Gasteiger partial charge on any atom is 0.511 e. The number of carbonyl (C=O) groups is 1. The number of alkyl halides is 3. The van der Waals surface area contributed by atoms with Crippen LogP contribution in [-0.2, 0) is 19.6 Å². The monoisotopic (exact) mass is 277 g/mol. The van der Waals surface area contributed by atoms with E-state index in [4.69, 9.17) is 9.84 Å². The van der Waals surface area contributed by atoms with Crippen LogP contribution in [0.5, 0.6) is 0 Å². The number of halogens is 3. The van der Waals surface area contributed by atoms with Crippen LogP contribution in [0.2, 0.25) is 0 Å². The van der Waals surface area contributed by atoms with Gasteiger partial charge >= 0.3 is 21.5 Å². The molecule has 1 N–H and O–H groups in total. The number of nitrogens with zero attached hydrogens (tertiary/aromatic N) is 1. The van der Waals surface area contributed by atoms with Crippen molar-refractivity contribution in [2.24, 2.45) is 0 Å². The van der Waals surface area contributed by atoms with E-state index in [9.17, 15) is 26.4 Å². The molecule has 100 valence electrons. The van der Waals surface area contributed by atoms with Crippen molar-refractivity contribution in [3.8, 4) is 0 Å². The largest absolute Gasteiger partial charge is 0.511 e. The highest BCUT2D eigenvalue weighted by Gasteiger charge is 2.56. The van der Waals surface area contributed by atoms with E-state index in [1.807, 2.05) is 0 Å². The van der Waals surface area contributed by atoms with E-state index in [2.05, 4.69) is 0 Å². The number of methoxy groups -OCH3 is 1. The lowest BCUT2D eigenvalue weighted by Gasteiger charge is -2.21. The van der Waals surface area contributed by atoms with Crippen molar-refractivity contribution < 1.29 is 36.2 Å². The summed E-state index contributed by atoms with van der Waals surface area (Å²) in [5.41, 5.74) is -5.51. The van der Waals surface area contributed by atoms with Gasteiger partial charge in [0, 0.05) is 20.1 Å². The van der Waals surface area contributed by atoms with Gasteiger partial charge in [0.05, 0.1) is 6.10 Å². The molecule has 0 aliphatic carbocycles. The van der Waals surface area contributed by atoms with E-state index in [1.165, 1.54) is 7.11 Å².